The molecule has 0 unspecified atom stereocenters. The molecule has 0 fully saturated rings. The molecule has 0 bridgehead atoms. The summed E-state index contributed by atoms with van der Waals surface area (Å²) in [5.41, 5.74) is 2.54. The number of thiazole rings is 1. The number of anilines is 2. The molecule has 0 radical (unpaired) electrons. The summed E-state index contributed by atoms with van der Waals surface area (Å²) in [7, 11) is 0. The number of aromatic nitrogens is 2. The van der Waals surface area contributed by atoms with Gasteiger partial charge in [0.05, 0.1) is 11.3 Å². The van der Waals surface area contributed by atoms with Crippen LogP contribution in [0.5, 0.6) is 0 Å². The van der Waals surface area contributed by atoms with Crippen molar-refractivity contribution in [2.75, 3.05) is 10.6 Å². The molecule has 0 saturated carbocycles. The van der Waals surface area contributed by atoms with Crippen LogP contribution in [-0.2, 0) is 11.2 Å². The predicted octanol–water partition coefficient (Wildman–Crippen LogP) is 3.73. The lowest BCUT2D eigenvalue weighted by Gasteiger charge is -2.08. The minimum Gasteiger partial charge on any atom is -0.328 e. The fraction of sp³-hybridized carbons (Fsp3) is 0.158. The quantitative estimate of drug-likeness (QED) is 0.521. The van der Waals surface area contributed by atoms with Gasteiger partial charge in [-0.2, -0.15) is 0 Å². The summed E-state index contributed by atoms with van der Waals surface area (Å²) >= 11 is 4.68. The van der Waals surface area contributed by atoms with E-state index in [0.717, 1.165) is 21.4 Å². The molecular formula is C19H17BrN4O3S. The second-order valence-electron chi connectivity index (χ2n) is 6.05. The molecule has 0 aliphatic carbocycles. The molecule has 2 heterocycles. The Kier molecular flexibility index (Phi) is 6.37. The van der Waals surface area contributed by atoms with E-state index in [1.807, 2.05) is 25.1 Å². The van der Waals surface area contributed by atoms with E-state index in [1.165, 1.54) is 29.7 Å². The van der Waals surface area contributed by atoms with Gasteiger partial charge in [0, 0.05) is 34.2 Å². The van der Waals surface area contributed by atoms with Crippen molar-refractivity contribution in [2.45, 2.75) is 19.8 Å². The summed E-state index contributed by atoms with van der Waals surface area (Å²) in [5.74, 6) is -0.460. The first-order valence-electron chi connectivity index (χ1n) is 8.41. The van der Waals surface area contributed by atoms with Gasteiger partial charge in [-0.1, -0.05) is 15.9 Å². The molecule has 0 aliphatic rings. The van der Waals surface area contributed by atoms with Crippen molar-refractivity contribution in [3.8, 4) is 0 Å². The molecule has 2 aromatic heterocycles. The standard InChI is InChI=1S/C19H17BrN4O3S/c1-11-8-13(20)3-5-15(11)23-17(26)7-4-14-10-28-19(22-14)24-18(27)12-2-6-16(25)21-9-12/h2-3,5-6,8-10H,4,7H2,1H3,(H,21,25)(H,23,26)(H,22,24,27). The van der Waals surface area contributed by atoms with Crippen LogP contribution in [0.2, 0.25) is 0 Å². The summed E-state index contributed by atoms with van der Waals surface area (Å²) in [6.07, 6.45) is 2.10. The number of carbonyl (C=O) groups is 2. The molecule has 0 aliphatic heterocycles. The molecule has 0 saturated heterocycles. The Hall–Kier alpha value is -2.78. The molecule has 2 amide bonds. The second-order valence-corrected chi connectivity index (χ2v) is 7.82. The number of aromatic amines is 1. The van der Waals surface area contributed by atoms with Gasteiger partial charge >= 0.3 is 0 Å². The van der Waals surface area contributed by atoms with E-state index in [2.05, 4.69) is 36.5 Å². The highest BCUT2D eigenvalue weighted by molar-refractivity contribution is 9.10. The minimum atomic E-state index is -0.361. The number of benzene rings is 1. The van der Waals surface area contributed by atoms with Crippen molar-refractivity contribution >= 4 is 49.9 Å². The fourth-order valence-electron chi connectivity index (χ4n) is 2.42. The summed E-state index contributed by atoms with van der Waals surface area (Å²) in [5, 5.41) is 7.82. The number of amides is 2. The average molecular weight is 461 g/mol. The fourth-order valence-corrected chi connectivity index (χ4v) is 3.64. The molecule has 3 N–H and O–H groups in total. The van der Waals surface area contributed by atoms with Crippen LogP contribution in [0.1, 0.15) is 28.0 Å². The first-order valence-corrected chi connectivity index (χ1v) is 10.1. The number of carbonyl (C=O) groups excluding carboxylic acids is 2. The first-order chi connectivity index (χ1) is 13.4. The summed E-state index contributed by atoms with van der Waals surface area (Å²) < 4.78 is 0.960. The lowest BCUT2D eigenvalue weighted by atomic mass is 10.2. The molecule has 144 valence electrons. The van der Waals surface area contributed by atoms with Crippen molar-refractivity contribution in [1.82, 2.24) is 9.97 Å². The van der Waals surface area contributed by atoms with Gasteiger partial charge in [0.25, 0.3) is 5.91 Å². The van der Waals surface area contributed by atoms with Crippen molar-refractivity contribution in [2.24, 2.45) is 0 Å². The number of hydrogen-bond donors (Lipinski definition) is 3. The highest BCUT2D eigenvalue weighted by Gasteiger charge is 2.11. The van der Waals surface area contributed by atoms with Crippen molar-refractivity contribution in [1.29, 1.82) is 0 Å². The summed E-state index contributed by atoms with van der Waals surface area (Å²) in [6, 6.07) is 8.39. The Bertz CT molecular complexity index is 1060. The number of aryl methyl sites for hydroxylation is 2. The molecule has 28 heavy (non-hydrogen) atoms. The van der Waals surface area contributed by atoms with E-state index in [-0.39, 0.29) is 23.8 Å². The number of nitrogens with zero attached hydrogens (tertiary/aromatic N) is 1. The Morgan fingerprint density at radius 1 is 1.21 bits per heavy atom. The summed E-state index contributed by atoms with van der Waals surface area (Å²) in [6.45, 7) is 1.93. The van der Waals surface area contributed by atoms with Crippen LogP contribution in [0.15, 0.2) is 51.2 Å². The van der Waals surface area contributed by atoms with Gasteiger partial charge in [-0.3, -0.25) is 19.7 Å². The zero-order chi connectivity index (χ0) is 20.1. The normalized spacial score (nSPS) is 10.5. The monoisotopic (exact) mass is 460 g/mol. The van der Waals surface area contributed by atoms with Gasteiger partial charge in [0.1, 0.15) is 0 Å². The van der Waals surface area contributed by atoms with Gasteiger partial charge in [-0.15, -0.1) is 11.3 Å². The number of H-pyrrole nitrogens is 1. The van der Waals surface area contributed by atoms with Crippen LogP contribution in [0.25, 0.3) is 0 Å². The third kappa shape index (κ3) is 5.37. The first kappa shape index (κ1) is 20.0. The molecule has 9 heteroatoms. The van der Waals surface area contributed by atoms with Gasteiger partial charge in [-0.25, -0.2) is 4.98 Å². The van der Waals surface area contributed by atoms with Crippen molar-refractivity contribution in [3.05, 3.63) is 73.6 Å². The highest BCUT2D eigenvalue weighted by Crippen LogP contribution is 2.21. The Labute approximate surface area is 173 Å². The molecule has 0 spiro atoms. The van der Waals surface area contributed by atoms with E-state index in [9.17, 15) is 14.4 Å². The minimum absolute atomic E-state index is 0.0998. The number of rotatable bonds is 6. The van der Waals surface area contributed by atoms with Gasteiger partial charge < -0.3 is 10.3 Å². The number of hydrogen-bond acceptors (Lipinski definition) is 5. The third-order valence-corrected chi connectivity index (χ3v) is 5.19. The maximum absolute atomic E-state index is 12.2. The predicted molar refractivity (Wildman–Crippen MR) is 113 cm³/mol. The lowest BCUT2D eigenvalue weighted by Crippen LogP contribution is -2.14. The maximum atomic E-state index is 12.2. The zero-order valence-electron chi connectivity index (χ0n) is 14.9. The Balaban J connectivity index is 1.52. The number of nitrogens with one attached hydrogen (secondary N) is 3. The van der Waals surface area contributed by atoms with Crippen LogP contribution < -0.4 is 16.2 Å². The lowest BCUT2D eigenvalue weighted by molar-refractivity contribution is -0.116. The summed E-state index contributed by atoms with van der Waals surface area (Å²) in [4.78, 5) is 42.1. The molecule has 0 atom stereocenters. The molecule has 7 nitrogen and oxygen atoms in total. The second kappa shape index (κ2) is 8.94. The van der Waals surface area contributed by atoms with Gasteiger partial charge in [0.15, 0.2) is 5.13 Å². The van der Waals surface area contributed by atoms with E-state index in [0.29, 0.717) is 17.1 Å². The Morgan fingerprint density at radius 2 is 2.04 bits per heavy atom. The van der Waals surface area contributed by atoms with Gasteiger partial charge in [0.2, 0.25) is 11.5 Å². The molecule has 3 rings (SSSR count). The molecule has 3 aromatic rings. The van der Waals surface area contributed by atoms with Crippen molar-refractivity contribution < 1.29 is 9.59 Å². The Morgan fingerprint density at radius 3 is 2.75 bits per heavy atom. The topological polar surface area (TPSA) is 104 Å². The maximum Gasteiger partial charge on any atom is 0.258 e. The van der Waals surface area contributed by atoms with E-state index >= 15 is 0 Å². The largest absolute Gasteiger partial charge is 0.328 e. The number of halogens is 1. The van der Waals surface area contributed by atoms with Crippen LogP contribution >= 0.6 is 27.3 Å². The van der Waals surface area contributed by atoms with Gasteiger partial charge in [-0.05, 0) is 43.2 Å². The van der Waals surface area contributed by atoms with E-state index in [1.54, 1.807) is 5.38 Å². The SMILES string of the molecule is Cc1cc(Br)ccc1NC(=O)CCc1csc(NC(=O)c2ccc(=O)[nH]c2)n1. The van der Waals surface area contributed by atoms with Crippen LogP contribution in [-0.4, -0.2) is 21.8 Å². The van der Waals surface area contributed by atoms with Crippen LogP contribution in [0, 0.1) is 6.92 Å². The molecule has 1 aromatic carbocycles. The number of pyridine rings is 1. The third-order valence-electron chi connectivity index (χ3n) is 3.89. The highest BCUT2D eigenvalue weighted by atomic mass is 79.9. The zero-order valence-corrected chi connectivity index (χ0v) is 17.3. The van der Waals surface area contributed by atoms with Crippen LogP contribution in [0.3, 0.4) is 0 Å². The average Bonchev–Trinajstić information content (AvgIpc) is 3.10. The van der Waals surface area contributed by atoms with E-state index < -0.39 is 0 Å². The molecular weight excluding hydrogens is 444 g/mol. The van der Waals surface area contributed by atoms with Crippen molar-refractivity contribution in [3.63, 3.8) is 0 Å². The van der Waals surface area contributed by atoms with E-state index in [4.69, 9.17) is 0 Å². The smallest absolute Gasteiger partial charge is 0.258 e. The van der Waals surface area contributed by atoms with Crippen LogP contribution in [0.4, 0.5) is 10.8 Å².